The highest BCUT2D eigenvalue weighted by molar-refractivity contribution is 5.87. The first-order chi connectivity index (χ1) is 17.9. The van der Waals surface area contributed by atoms with Crippen molar-refractivity contribution in [2.24, 2.45) is 28.4 Å². The average molecular weight is 551 g/mol. The zero-order valence-corrected chi connectivity index (χ0v) is 22.7. The molecule has 2 saturated heterocycles. The normalized spacial score (nSPS) is 54.7. The number of hydrogen-bond acceptors (Lipinski definition) is 11. The molecule has 0 aromatic carbocycles. The molecule has 2 aliphatic heterocycles. The predicted octanol–water partition coefficient (Wildman–Crippen LogP) is -0.678. The first kappa shape index (κ1) is 27.1. The van der Waals surface area contributed by atoms with Crippen molar-refractivity contribution >= 4 is 11.9 Å². The quantitative estimate of drug-likeness (QED) is 0.229. The Morgan fingerprint density at radius 2 is 1.85 bits per heavy atom. The molecule has 1 aromatic heterocycles. The number of aliphatic hydroxyl groups is 5. The summed E-state index contributed by atoms with van der Waals surface area (Å²) < 4.78 is 18.0. The molecule has 6 bridgehead atoms. The van der Waals surface area contributed by atoms with Crippen LogP contribution in [0.3, 0.4) is 0 Å². The van der Waals surface area contributed by atoms with Gasteiger partial charge in [0.2, 0.25) is 0 Å². The van der Waals surface area contributed by atoms with Gasteiger partial charge in [-0.25, -0.2) is 4.79 Å². The number of H-pyrrole nitrogens is 1. The number of carbonyl (C=O) groups is 2. The van der Waals surface area contributed by atoms with Gasteiger partial charge in [-0.1, -0.05) is 27.7 Å². The summed E-state index contributed by atoms with van der Waals surface area (Å²) in [5.41, 5.74) is -10.2. The summed E-state index contributed by atoms with van der Waals surface area (Å²) in [4.78, 5) is 28.6. The molecule has 216 valence electrons. The van der Waals surface area contributed by atoms with Crippen LogP contribution in [0.5, 0.6) is 0 Å². The Morgan fingerprint density at radius 3 is 2.41 bits per heavy atom. The molecule has 6 fully saturated rings. The van der Waals surface area contributed by atoms with E-state index < -0.39 is 93.6 Å². The zero-order valence-electron chi connectivity index (χ0n) is 22.7. The first-order valence-corrected chi connectivity index (χ1v) is 13.5. The minimum Gasteiger partial charge on any atom is -0.458 e. The molecular weight excluding hydrogens is 512 g/mol. The van der Waals surface area contributed by atoms with E-state index in [0.717, 1.165) is 0 Å². The van der Waals surface area contributed by atoms with Crippen LogP contribution in [0, 0.1) is 22.7 Å². The van der Waals surface area contributed by atoms with E-state index in [9.17, 15) is 35.1 Å². The number of ether oxygens (including phenoxy) is 3. The lowest BCUT2D eigenvalue weighted by molar-refractivity contribution is -0.390. The molecule has 11 atom stereocenters. The van der Waals surface area contributed by atoms with E-state index in [4.69, 9.17) is 19.9 Å². The van der Waals surface area contributed by atoms with Crippen LogP contribution in [-0.4, -0.2) is 95.0 Å². The fraction of sp³-hybridized carbons (Fsp3) is 0.778. The second-order valence-corrected chi connectivity index (χ2v) is 13.1. The van der Waals surface area contributed by atoms with E-state index >= 15 is 0 Å². The summed E-state index contributed by atoms with van der Waals surface area (Å²) in [7, 11) is 0. The van der Waals surface area contributed by atoms with Gasteiger partial charge in [0.15, 0.2) is 17.5 Å². The van der Waals surface area contributed by atoms with Gasteiger partial charge in [-0.05, 0) is 43.7 Å². The molecule has 4 aliphatic carbocycles. The van der Waals surface area contributed by atoms with Gasteiger partial charge in [0.25, 0.3) is 0 Å². The zero-order chi connectivity index (χ0) is 28.8. The Labute approximate surface area is 225 Å². The molecule has 6 aliphatic rings. The van der Waals surface area contributed by atoms with Crippen LogP contribution >= 0.6 is 0 Å². The highest BCUT2D eigenvalue weighted by atomic mass is 16.7. The van der Waals surface area contributed by atoms with Crippen LogP contribution in [-0.2, 0) is 19.0 Å². The Hall–Kier alpha value is -2.06. The van der Waals surface area contributed by atoms with Crippen LogP contribution in [0.4, 0.5) is 0 Å². The Bertz CT molecular complexity index is 1260. The molecule has 0 unspecified atom stereocenters. The summed E-state index contributed by atoms with van der Waals surface area (Å²) in [5, 5.41) is 63.7. The second-order valence-electron chi connectivity index (χ2n) is 13.1. The summed E-state index contributed by atoms with van der Waals surface area (Å²) in [6, 6.07) is 3.03. The molecule has 3 heterocycles. The third-order valence-corrected chi connectivity index (χ3v) is 11.7. The highest BCUT2D eigenvalue weighted by Gasteiger charge is 3.10. The first-order valence-electron chi connectivity index (χ1n) is 13.5. The lowest BCUT2D eigenvalue weighted by Gasteiger charge is -2.60. The number of aromatic amines is 1. The van der Waals surface area contributed by atoms with Gasteiger partial charge in [-0.15, -0.1) is 0 Å². The summed E-state index contributed by atoms with van der Waals surface area (Å²) >= 11 is 0. The van der Waals surface area contributed by atoms with Crippen LogP contribution in [0.1, 0.15) is 64.4 Å². The summed E-state index contributed by atoms with van der Waals surface area (Å²) in [6.07, 6.45) is -1.75. The number of carbonyl (C=O) groups excluding carboxylic acids is 2. The second kappa shape index (κ2) is 7.22. The standard InChI is InChI=1S/C27H38N2O10/c1-13(2)24(34)19(38-18(31)15-7-6-10-29-15)25(35)20(4)12-23(33)21(24,5)27(25,36)26(39-23)17(37-16(30)11-28)14(3)8-9-22(20,26)32/h6-7,10,13-14,17,19,29,32-36H,8-9,11-12,28H2,1-5H3/t14-,17+,19+,20-,21+,22-,23-,24+,25+,26+,27+/m0/s1. The molecule has 8 N–H and O–H groups in total. The van der Waals surface area contributed by atoms with Gasteiger partial charge < -0.3 is 50.5 Å². The lowest BCUT2D eigenvalue weighted by Crippen LogP contribution is -2.76. The van der Waals surface area contributed by atoms with E-state index in [1.807, 2.05) is 0 Å². The van der Waals surface area contributed by atoms with Crippen LogP contribution in [0.25, 0.3) is 0 Å². The number of nitrogens with two attached hydrogens (primary N) is 1. The number of aromatic nitrogens is 1. The van der Waals surface area contributed by atoms with Crippen molar-refractivity contribution in [1.82, 2.24) is 4.98 Å². The van der Waals surface area contributed by atoms with Gasteiger partial charge in [-0.3, -0.25) is 4.79 Å². The molecule has 0 amide bonds. The van der Waals surface area contributed by atoms with Crippen LogP contribution < -0.4 is 5.73 Å². The SMILES string of the molecule is CC(C)[C@@]1(O)[C@@H](OC(=O)c2ccc[nH]2)[C@@]2(O)[C@@]3(C)C[C@]4(O)O[C@@]5([C@H](OC(=O)CN)[C@@H](C)CC[C@]35O)[C@@]2(O)[C@@]14C. The molecule has 4 saturated carbocycles. The van der Waals surface area contributed by atoms with Crippen LogP contribution in [0.2, 0.25) is 0 Å². The van der Waals surface area contributed by atoms with Gasteiger partial charge in [0, 0.05) is 18.0 Å². The molecule has 12 nitrogen and oxygen atoms in total. The maximum Gasteiger partial charge on any atom is 0.355 e. The minimum absolute atomic E-state index is 0.00945. The van der Waals surface area contributed by atoms with Gasteiger partial charge in [0.05, 0.1) is 12.0 Å². The molecule has 1 aromatic rings. The van der Waals surface area contributed by atoms with Crippen molar-refractivity contribution in [2.45, 2.75) is 99.9 Å². The summed E-state index contributed by atoms with van der Waals surface area (Å²) in [6.45, 7) is 7.35. The van der Waals surface area contributed by atoms with Crippen molar-refractivity contribution in [3.8, 4) is 0 Å². The fourth-order valence-corrected chi connectivity index (χ4v) is 9.93. The maximum atomic E-state index is 13.3. The Kier molecular flexibility index (Phi) is 5.02. The molecule has 12 heteroatoms. The van der Waals surface area contributed by atoms with Crippen molar-refractivity contribution in [2.75, 3.05) is 6.54 Å². The molecular formula is C27H38N2O10. The molecule has 39 heavy (non-hydrogen) atoms. The number of nitrogens with one attached hydrogen (secondary N) is 1. The number of rotatable bonds is 5. The van der Waals surface area contributed by atoms with E-state index in [1.54, 1.807) is 26.8 Å². The van der Waals surface area contributed by atoms with E-state index in [2.05, 4.69) is 4.98 Å². The number of hydrogen-bond donors (Lipinski definition) is 7. The third-order valence-electron chi connectivity index (χ3n) is 11.7. The summed E-state index contributed by atoms with van der Waals surface area (Å²) in [5.74, 6) is -5.39. The van der Waals surface area contributed by atoms with Crippen LogP contribution in [0.15, 0.2) is 18.3 Å². The highest BCUT2D eigenvalue weighted by Crippen LogP contribution is 2.90. The largest absolute Gasteiger partial charge is 0.458 e. The molecule has 7 rings (SSSR count). The van der Waals surface area contributed by atoms with Gasteiger partial charge >= 0.3 is 11.9 Å². The third kappa shape index (κ3) is 2.21. The topological polar surface area (TPSA) is 205 Å². The smallest absolute Gasteiger partial charge is 0.355 e. The van der Waals surface area contributed by atoms with Crippen molar-refractivity contribution in [1.29, 1.82) is 0 Å². The minimum atomic E-state index is -2.67. The fourth-order valence-electron chi connectivity index (χ4n) is 9.93. The van der Waals surface area contributed by atoms with Gasteiger partial charge in [0.1, 0.15) is 34.2 Å². The number of esters is 2. The average Bonchev–Trinajstić information content (AvgIpc) is 3.49. The van der Waals surface area contributed by atoms with Crippen molar-refractivity contribution in [3.05, 3.63) is 24.0 Å². The van der Waals surface area contributed by atoms with Crippen molar-refractivity contribution < 1.29 is 49.3 Å². The van der Waals surface area contributed by atoms with E-state index in [-0.39, 0.29) is 12.1 Å². The van der Waals surface area contributed by atoms with E-state index in [1.165, 1.54) is 26.1 Å². The predicted molar refractivity (Wildman–Crippen MR) is 132 cm³/mol. The van der Waals surface area contributed by atoms with E-state index in [0.29, 0.717) is 6.42 Å². The van der Waals surface area contributed by atoms with Crippen molar-refractivity contribution in [3.63, 3.8) is 0 Å². The monoisotopic (exact) mass is 550 g/mol. The molecule has 0 radical (unpaired) electrons. The Balaban J connectivity index is 1.68. The maximum absolute atomic E-state index is 13.3. The lowest BCUT2D eigenvalue weighted by atomic mass is 9.52. The molecule has 1 spiro atoms. The Morgan fingerprint density at radius 1 is 1.18 bits per heavy atom. The van der Waals surface area contributed by atoms with Gasteiger partial charge in [-0.2, -0.15) is 0 Å².